The van der Waals surface area contributed by atoms with E-state index in [4.69, 9.17) is 0 Å². The van der Waals surface area contributed by atoms with Crippen LogP contribution in [0.5, 0.6) is 0 Å². The van der Waals surface area contributed by atoms with Gasteiger partial charge in [0.1, 0.15) is 10.8 Å². The molecular formula is C15H15FN2O3S. The van der Waals surface area contributed by atoms with E-state index in [1.54, 1.807) is 12.1 Å². The predicted octanol–water partition coefficient (Wildman–Crippen LogP) is 2.17. The van der Waals surface area contributed by atoms with Crippen molar-refractivity contribution in [3.05, 3.63) is 41.2 Å². The summed E-state index contributed by atoms with van der Waals surface area (Å²) < 4.78 is 17.8. The topological polar surface area (TPSA) is 68.3 Å². The van der Waals surface area contributed by atoms with E-state index in [9.17, 15) is 14.0 Å². The first-order valence-corrected chi connectivity index (χ1v) is 7.53. The molecule has 0 aliphatic heterocycles. The van der Waals surface area contributed by atoms with E-state index in [2.05, 4.69) is 15.0 Å². The summed E-state index contributed by atoms with van der Waals surface area (Å²) in [4.78, 5) is 26.3. The Morgan fingerprint density at radius 2 is 2.23 bits per heavy atom. The molecule has 0 aliphatic carbocycles. The number of amides is 1. The van der Waals surface area contributed by atoms with Gasteiger partial charge in [-0.2, -0.15) is 0 Å². The lowest BCUT2D eigenvalue weighted by molar-refractivity contribution is -0.146. The van der Waals surface area contributed by atoms with Crippen LogP contribution in [0.3, 0.4) is 0 Å². The first-order valence-electron chi connectivity index (χ1n) is 6.65. The zero-order chi connectivity index (χ0) is 15.9. The first-order chi connectivity index (χ1) is 10.5. The summed E-state index contributed by atoms with van der Waals surface area (Å²) >= 11 is 1.42. The van der Waals surface area contributed by atoms with Crippen LogP contribution >= 0.6 is 11.3 Å². The number of aromatic nitrogens is 1. The highest BCUT2D eigenvalue weighted by Crippen LogP contribution is 2.24. The zero-order valence-electron chi connectivity index (χ0n) is 12.0. The van der Waals surface area contributed by atoms with Crippen LogP contribution in [-0.2, 0) is 20.7 Å². The molecule has 2 aromatic rings. The first kappa shape index (κ1) is 16.1. The van der Waals surface area contributed by atoms with E-state index >= 15 is 0 Å². The molecule has 0 unspecified atom stereocenters. The highest BCUT2D eigenvalue weighted by molar-refractivity contribution is 7.13. The van der Waals surface area contributed by atoms with Crippen molar-refractivity contribution in [2.75, 3.05) is 13.2 Å². The monoisotopic (exact) mass is 322 g/mol. The number of nitrogens with zero attached hydrogens (tertiary/aromatic N) is 1. The van der Waals surface area contributed by atoms with Gasteiger partial charge in [-0.15, -0.1) is 11.3 Å². The molecule has 0 radical (unpaired) electrons. The van der Waals surface area contributed by atoms with Gasteiger partial charge in [0, 0.05) is 30.8 Å². The second kappa shape index (κ2) is 7.65. The summed E-state index contributed by atoms with van der Waals surface area (Å²) in [6.07, 6.45) is 0.553. The number of rotatable bonds is 6. The molecule has 0 saturated carbocycles. The lowest BCUT2D eigenvalue weighted by Crippen LogP contribution is -2.30. The second-order valence-electron chi connectivity index (χ2n) is 4.53. The van der Waals surface area contributed by atoms with Gasteiger partial charge >= 0.3 is 5.97 Å². The maximum Gasteiger partial charge on any atom is 0.303 e. The molecule has 1 N–H and O–H groups in total. The van der Waals surface area contributed by atoms with Crippen molar-refractivity contribution in [1.29, 1.82) is 0 Å². The summed E-state index contributed by atoms with van der Waals surface area (Å²) in [6, 6.07) is 6.26. The standard InChI is InChI=1S/C15H15FN2O3S/c1-10(19)21-8-14(20)17-6-5-13-9-22-15(18-13)11-3-2-4-12(16)7-11/h2-4,7,9H,5-6,8H2,1H3,(H,17,20). The number of halogens is 1. The van der Waals surface area contributed by atoms with Crippen molar-refractivity contribution < 1.29 is 18.7 Å². The molecule has 5 nitrogen and oxygen atoms in total. The minimum absolute atomic E-state index is 0.277. The number of esters is 1. The van der Waals surface area contributed by atoms with Crippen LogP contribution in [0.15, 0.2) is 29.6 Å². The Kier molecular flexibility index (Phi) is 5.60. The number of benzene rings is 1. The predicted molar refractivity (Wildman–Crippen MR) is 80.9 cm³/mol. The van der Waals surface area contributed by atoms with E-state index in [0.717, 1.165) is 16.3 Å². The maximum absolute atomic E-state index is 13.2. The van der Waals surface area contributed by atoms with E-state index < -0.39 is 5.97 Å². The van der Waals surface area contributed by atoms with E-state index in [1.807, 2.05) is 5.38 Å². The summed E-state index contributed by atoms with van der Waals surface area (Å²) in [5, 5.41) is 5.24. The Labute approximate surface area is 131 Å². The third-order valence-corrected chi connectivity index (χ3v) is 3.67. The molecule has 0 fully saturated rings. The summed E-state index contributed by atoms with van der Waals surface area (Å²) in [7, 11) is 0. The molecule has 116 valence electrons. The number of ether oxygens (including phenoxy) is 1. The fourth-order valence-electron chi connectivity index (χ4n) is 1.72. The van der Waals surface area contributed by atoms with Gasteiger partial charge < -0.3 is 10.1 Å². The van der Waals surface area contributed by atoms with Crippen molar-refractivity contribution in [1.82, 2.24) is 10.3 Å². The number of hydrogen-bond donors (Lipinski definition) is 1. The van der Waals surface area contributed by atoms with Gasteiger partial charge in [-0.3, -0.25) is 9.59 Å². The van der Waals surface area contributed by atoms with Crippen LogP contribution in [0.4, 0.5) is 4.39 Å². The average Bonchev–Trinajstić information content (AvgIpc) is 2.94. The van der Waals surface area contributed by atoms with Gasteiger partial charge in [-0.25, -0.2) is 9.37 Å². The molecular weight excluding hydrogens is 307 g/mol. The van der Waals surface area contributed by atoms with Gasteiger partial charge in [0.15, 0.2) is 6.61 Å². The van der Waals surface area contributed by atoms with Crippen molar-refractivity contribution >= 4 is 23.2 Å². The summed E-state index contributed by atoms with van der Waals surface area (Å²) in [6.45, 7) is 1.36. The minimum atomic E-state index is -0.491. The maximum atomic E-state index is 13.2. The zero-order valence-corrected chi connectivity index (χ0v) is 12.8. The third-order valence-electron chi connectivity index (χ3n) is 2.73. The third kappa shape index (κ3) is 4.92. The second-order valence-corrected chi connectivity index (χ2v) is 5.39. The normalized spacial score (nSPS) is 10.3. The van der Waals surface area contributed by atoms with Gasteiger partial charge in [0.2, 0.25) is 0 Å². The van der Waals surface area contributed by atoms with Gasteiger partial charge in [-0.1, -0.05) is 12.1 Å². The van der Waals surface area contributed by atoms with Crippen LogP contribution < -0.4 is 5.32 Å². The molecule has 0 bridgehead atoms. The number of carbonyl (C=O) groups excluding carboxylic acids is 2. The van der Waals surface area contributed by atoms with E-state index in [0.29, 0.717) is 13.0 Å². The van der Waals surface area contributed by atoms with Gasteiger partial charge in [0.05, 0.1) is 5.69 Å². The van der Waals surface area contributed by atoms with Gasteiger partial charge in [-0.05, 0) is 12.1 Å². The van der Waals surface area contributed by atoms with Crippen LogP contribution in [0.25, 0.3) is 10.6 Å². The van der Waals surface area contributed by atoms with E-state index in [-0.39, 0.29) is 18.3 Å². The lowest BCUT2D eigenvalue weighted by atomic mass is 10.2. The Morgan fingerprint density at radius 1 is 1.41 bits per heavy atom. The van der Waals surface area contributed by atoms with Crippen molar-refractivity contribution in [2.24, 2.45) is 0 Å². The van der Waals surface area contributed by atoms with Gasteiger partial charge in [0.25, 0.3) is 5.91 Å². The SMILES string of the molecule is CC(=O)OCC(=O)NCCc1csc(-c2cccc(F)c2)n1. The largest absolute Gasteiger partial charge is 0.456 e. The molecule has 1 heterocycles. The fraction of sp³-hybridized carbons (Fsp3) is 0.267. The molecule has 0 atom stereocenters. The molecule has 1 aromatic heterocycles. The number of nitrogens with one attached hydrogen (secondary N) is 1. The number of hydrogen-bond acceptors (Lipinski definition) is 5. The lowest BCUT2D eigenvalue weighted by Gasteiger charge is -2.03. The van der Waals surface area contributed by atoms with Crippen LogP contribution in [0.2, 0.25) is 0 Å². The molecule has 7 heteroatoms. The molecule has 0 saturated heterocycles. The molecule has 1 aromatic carbocycles. The molecule has 1 amide bonds. The van der Waals surface area contributed by atoms with Crippen LogP contribution in [-0.4, -0.2) is 30.0 Å². The Morgan fingerprint density at radius 3 is 2.95 bits per heavy atom. The highest BCUT2D eigenvalue weighted by atomic mass is 32.1. The quantitative estimate of drug-likeness (QED) is 0.828. The van der Waals surface area contributed by atoms with Crippen LogP contribution in [0.1, 0.15) is 12.6 Å². The summed E-state index contributed by atoms with van der Waals surface area (Å²) in [5.74, 6) is -1.14. The number of carbonyl (C=O) groups is 2. The van der Waals surface area contributed by atoms with Crippen molar-refractivity contribution in [3.63, 3.8) is 0 Å². The highest BCUT2D eigenvalue weighted by Gasteiger charge is 2.07. The van der Waals surface area contributed by atoms with Crippen LogP contribution in [0, 0.1) is 5.82 Å². The number of thiazole rings is 1. The van der Waals surface area contributed by atoms with Crippen molar-refractivity contribution in [3.8, 4) is 10.6 Å². The molecule has 22 heavy (non-hydrogen) atoms. The Balaban J connectivity index is 1.83. The molecule has 0 spiro atoms. The Bertz CT molecular complexity index is 672. The summed E-state index contributed by atoms with van der Waals surface area (Å²) in [5.41, 5.74) is 1.55. The molecule has 2 rings (SSSR count). The van der Waals surface area contributed by atoms with Crippen molar-refractivity contribution in [2.45, 2.75) is 13.3 Å². The minimum Gasteiger partial charge on any atom is -0.456 e. The van der Waals surface area contributed by atoms with E-state index in [1.165, 1.54) is 30.4 Å². The molecule has 0 aliphatic rings. The fourth-order valence-corrected chi connectivity index (χ4v) is 2.58. The Hall–Kier alpha value is -2.28. The smallest absolute Gasteiger partial charge is 0.303 e. The average molecular weight is 322 g/mol.